The van der Waals surface area contributed by atoms with Crippen molar-refractivity contribution in [1.82, 2.24) is 9.55 Å². The van der Waals surface area contributed by atoms with Gasteiger partial charge in [-0.25, -0.2) is 4.98 Å². The lowest BCUT2D eigenvalue weighted by molar-refractivity contribution is 0.420. The van der Waals surface area contributed by atoms with E-state index < -0.39 is 0 Å². The van der Waals surface area contributed by atoms with Crippen molar-refractivity contribution in [3.63, 3.8) is 0 Å². The fourth-order valence-electron chi connectivity index (χ4n) is 2.35. The summed E-state index contributed by atoms with van der Waals surface area (Å²) in [7, 11) is 3.72. The van der Waals surface area contributed by atoms with Gasteiger partial charge in [0.05, 0.1) is 18.3 Å². The maximum atomic E-state index is 5.63. The molecule has 2 aromatic heterocycles. The summed E-state index contributed by atoms with van der Waals surface area (Å²) in [6, 6.07) is 11.9. The molecule has 0 saturated heterocycles. The molecule has 0 aliphatic carbocycles. The van der Waals surface area contributed by atoms with Gasteiger partial charge in [-0.2, -0.15) is 0 Å². The van der Waals surface area contributed by atoms with Crippen LogP contribution in [0.3, 0.4) is 0 Å². The SMILES string of the molecule is COc1cccc2c1cc(-c1ccc(N)nc1)n2C. The Kier molecular flexibility index (Phi) is 2.63. The van der Waals surface area contributed by atoms with Gasteiger partial charge in [0, 0.05) is 24.2 Å². The number of nitrogens with two attached hydrogens (primary N) is 1. The van der Waals surface area contributed by atoms with Crippen LogP contribution in [0.1, 0.15) is 0 Å². The van der Waals surface area contributed by atoms with Gasteiger partial charge < -0.3 is 15.0 Å². The van der Waals surface area contributed by atoms with E-state index in [1.165, 1.54) is 0 Å². The molecule has 0 unspecified atom stereocenters. The van der Waals surface area contributed by atoms with Gasteiger partial charge in [0.1, 0.15) is 11.6 Å². The zero-order valence-electron chi connectivity index (χ0n) is 10.9. The highest BCUT2D eigenvalue weighted by molar-refractivity contribution is 5.91. The number of aryl methyl sites for hydroxylation is 1. The molecule has 2 heterocycles. The minimum absolute atomic E-state index is 0.528. The fraction of sp³-hybridized carbons (Fsp3) is 0.133. The first-order chi connectivity index (χ1) is 9.20. The number of pyridine rings is 1. The minimum Gasteiger partial charge on any atom is -0.496 e. The van der Waals surface area contributed by atoms with Gasteiger partial charge in [-0.05, 0) is 30.3 Å². The number of aromatic nitrogens is 2. The zero-order chi connectivity index (χ0) is 13.4. The van der Waals surface area contributed by atoms with Gasteiger partial charge in [-0.15, -0.1) is 0 Å². The zero-order valence-corrected chi connectivity index (χ0v) is 10.9. The van der Waals surface area contributed by atoms with Crippen LogP contribution in [0, 0.1) is 0 Å². The molecule has 4 heteroatoms. The van der Waals surface area contributed by atoms with E-state index in [-0.39, 0.29) is 0 Å². The number of methoxy groups -OCH3 is 1. The van der Waals surface area contributed by atoms with E-state index in [1.807, 2.05) is 31.3 Å². The van der Waals surface area contributed by atoms with Gasteiger partial charge in [0.15, 0.2) is 0 Å². The summed E-state index contributed by atoms with van der Waals surface area (Å²) in [5, 5.41) is 1.10. The number of hydrogen-bond donors (Lipinski definition) is 1. The number of fused-ring (bicyclic) bond motifs is 1. The van der Waals surface area contributed by atoms with Crippen molar-refractivity contribution in [2.75, 3.05) is 12.8 Å². The second-order valence-electron chi connectivity index (χ2n) is 4.45. The summed E-state index contributed by atoms with van der Waals surface area (Å²) in [6.07, 6.45) is 1.79. The monoisotopic (exact) mass is 253 g/mol. The summed E-state index contributed by atoms with van der Waals surface area (Å²) < 4.78 is 7.53. The standard InChI is InChI=1S/C15H15N3O/c1-18-12-4-3-5-14(19-2)11(12)8-13(18)10-6-7-15(16)17-9-10/h3-9H,1-2H3,(H2,16,17). The topological polar surface area (TPSA) is 53.1 Å². The molecule has 4 nitrogen and oxygen atoms in total. The number of nitrogen functional groups attached to an aromatic ring is 1. The third-order valence-electron chi connectivity index (χ3n) is 3.35. The molecule has 0 atom stereocenters. The molecular weight excluding hydrogens is 238 g/mol. The largest absolute Gasteiger partial charge is 0.496 e. The molecule has 96 valence electrons. The number of nitrogens with zero attached hydrogens (tertiary/aromatic N) is 2. The highest BCUT2D eigenvalue weighted by Crippen LogP contribution is 2.32. The van der Waals surface area contributed by atoms with E-state index in [0.29, 0.717) is 5.82 Å². The molecule has 1 aromatic carbocycles. The smallest absolute Gasteiger partial charge is 0.128 e. The molecule has 0 aliphatic heterocycles. The Labute approximate surface area is 111 Å². The van der Waals surface area contributed by atoms with Crippen molar-refractivity contribution in [3.8, 4) is 17.0 Å². The lowest BCUT2D eigenvalue weighted by atomic mass is 10.2. The number of rotatable bonds is 2. The summed E-state index contributed by atoms with van der Waals surface area (Å²) in [5.74, 6) is 1.41. The highest BCUT2D eigenvalue weighted by Gasteiger charge is 2.11. The molecule has 3 aromatic rings. The van der Waals surface area contributed by atoms with Crippen molar-refractivity contribution in [1.29, 1.82) is 0 Å². The van der Waals surface area contributed by atoms with Crippen LogP contribution in [0.15, 0.2) is 42.6 Å². The van der Waals surface area contributed by atoms with Crippen molar-refractivity contribution in [3.05, 3.63) is 42.6 Å². The van der Waals surface area contributed by atoms with Gasteiger partial charge in [-0.1, -0.05) is 6.07 Å². The van der Waals surface area contributed by atoms with Crippen molar-refractivity contribution < 1.29 is 4.74 Å². The summed E-state index contributed by atoms with van der Waals surface area (Å²) >= 11 is 0. The quantitative estimate of drug-likeness (QED) is 0.764. The van der Waals surface area contributed by atoms with Crippen molar-refractivity contribution in [2.45, 2.75) is 0 Å². The average Bonchev–Trinajstić information content (AvgIpc) is 2.77. The molecule has 19 heavy (non-hydrogen) atoms. The van der Waals surface area contributed by atoms with Gasteiger partial charge in [-0.3, -0.25) is 0 Å². The number of anilines is 1. The molecule has 0 amide bonds. The summed E-state index contributed by atoms with van der Waals surface area (Å²) in [4.78, 5) is 4.14. The first-order valence-electron chi connectivity index (χ1n) is 6.05. The lowest BCUT2D eigenvalue weighted by Gasteiger charge is -2.04. The molecule has 0 spiro atoms. The first-order valence-corrected chi connectivity index (χ1v) is 6.05. The number of ether oxygens (including phenoxy) is 1. The molecule has 0 saturated carbocycles. The average molecular weight is 253 g/mol. The Balaban J connectivity index is 2.25. The van der Waals surface area contributed by atoms with E-state index in [4.69, 9.17) is 10.5 Å². The second kappa shape index (κ2) is 4.31. The maximum Gasteiger partial charge on any atom is 0.128 e. The van der Waals surface area contributed by atoms with Crippen LogP contribution in [-0.2, 0) is 7.05 Å². The van der Waals surface area contributed by atoms with Crippen molar-refractivity contribution >= 4 is 16.7 Å². The molecular formula is C15H15N3O. The third kappa shape index (κ3) is 1.81. The Morgan fingerprint density at radius 2 is 2.05 bits per heavy atom. The van der Waals surface area contributed by atoms with Gasteiger partial charge >= 0.3 is 0 Å². The predicted molar refractivity (Wildman–Crippen MR) is 77.1 cm³/mol. The molecule has 0 radical (unpaired) electrons. The molecule has 0 aliphatic rings. The van der Waals surface area contributed by atoms with E-state index in [1.54, 1.807) is 13.3 Å². The maximum absolute atomic E-state index is 5.63. The Morgan fingerprint density at radius 1 is 1.21 bits per heavy atom. The first kappa shape index (κ1) is 11.6. The van der Waals surface area contributed by atoms with E-state index >= 15 is 0 Å². The van der Waals surface area contributed by atoms with Crippen LogP contribution in [0.4, 0.5) is 5.82 Å². The van der Waals surface area contributed by atoms with Crippen LogP contribution in [0.5, 0.6) is 5.75 Å². The Hall–Kier alpha value is -2.49. The molecule has 3 rings (SSSR count). The molecule has 2 N–H and O–H groups in total. The number of hydrogen-bond acceptors (Lipinski definition) is 3. The second-order valence-corrected chi connectivity index (χ2v) is 4.45. The van der Waals surface area contributed by atoms with Crippen LogP contribution >= 0.6 is 0 Å². The highest BCUT2D eigenvalue weighted by atomic mass is 16.5. The predicted octanol–water partition coefficient (Wildman–Crippen LogP) is 2.83. The van der Waals surface area contributed by atoms with Crippen LogP contribution < -0.4 is 10.5 Å². The summed E-state index contributed by atoms with van der Waals surface area (Å²) in [5.41, 5.74) is 8.88. The van der Waals surface area contributed by atoms with Crippen LogP contribution in [0.25, 0.3) is 22.2 Å². The third-order valence-corrected chi connectivity index (χ3v) is 3.35. The molecule has 0 bridgehead atoms. The van der Waals surface area contributed by atoms with Gasteiger partial charge in [0.25, 0.3) is 0 Å². The normalized spacial score (nSPS) is 10.8. The van der Waals surface area contributed by atoms with E-state index in [0.717, 1.165) is 27.9 Å². The van der Waals surface area contributed by atoms with Crippen LogP contribution in [0.2, 0.25) is 0 Å². The van der Waals surface area contributed by atoms with Crippen LogP contribution in [-0.4, -0.2) is 16.7 Å². The Morgan fingerprint density at radius 3 is 2.74 bits per heavy atom. The Bertz CT molecular complexity index is 729. The lowest BCUT2D eigenvalue weighted by Crippen LogP contribution is -1.93. The summed E-state index contributed by atoms with van der Waals surface area (Å²) in [6.45, 7) is 0. The fourth-order valence-corrected chi connectivity index (χ4v) is 2.35. The van der Waals surface area contributed by atoms with E-state index in [9.17, 15) is 0 Å². The minimum atomic E-state index is 0.528. The van der Waals surface area contributed by atoms with Gasteiger partial charge in [0.2, 0.25) is 0 Å². The number of benzene rings is 1. The van der Waals surface area contributed by atoms with E-state index in [2.05, 4.69) is 21.7 Å². The van der Waals surface area contributed by atoms with Crippen molar-refractivity contribution in [2.24, 2.45) is 7.05 Å². The molecule has 0 fully saturated rings.